The normalized spacial score (nSPS) is 10.0. The maximum absolute atomic E-state index is 10.6. The van der Waals surface area contributed by atoms with Crippen molar-refractivity contribution in [2.45, 2.75) is 0 Å². The van der Waals surface area contributed by atoms with E-state index in [-0.39, 0.29) is 0 Å². The van der Waals surface area contributed by atoms with E-state index in [4.69, 9.17) is 0 Å². The SMILES string of the molecule is [O-][n+]1ccn(-c2ccccc2)n1. The number of hydrogen-bond acceptors (Lipinski definition) is 2. The largest absolute Gasteiger partial charge is 0.691 e. The third kappa shape index (κ3) is 1.14. The van der Waals surface area contributed by atoms with Crippen LogP contribution in [0.15, 0.2) is 42.7 Å². The van der Waals surface area contributed by atoms with Crippen LogP contribution in [0.25, 0.3) is 5.69 Å². The molecule has 0 saturated carbocycles. The molecular formula is C8H7N3O. The monoisotopic (exact) mass is 161 g/mol. The van der Waals surface area contributed by atoms with Crippen molar-refractivity contribution >= 4 is 0 Å². The van der Waals surface area contributed by atoms with Crippen molar-refractivity contribution in [2.75, 3.05) is 0 Å². The van der Waals surface area contributed by atoms with Gasteiger partial charge in [-0.25, -0.2) is 0 Å². The van der Waals surface area contributed by atoms with Crippen LogP contribution in [0.3, 0.4) is 0 Å². The molecule has 4 heteroatoms. The van der Waals surface area contributed by atoms with Crippen LogP contribution in [0.2, 0.25) is 0 Å². The number of hydrogen-bond donors (Lipinski definition) is 0. The van der Waals surface area contributed by atoms with Crippen LogP contribution in [0, 0.1) is 5.21 Å². The van der Waals surface area contributed by atoms with Gasteiger partial charge in [0.1, 0.15) is 0 Å². The highest BCUT2D eigenvalue weighted by molar-refractivity contribution is 5.28. The van der Waals surface area contributed by atoms with Crippen LogP contribution in [0.5, 0.6) is 0 Å². The molecule has 12 heavy (non-hydrogen) atoms. The number of para-hydroxylation sites is 1. The van der Waals surface area contributed by atoms with Gasteiger partial charge in [0.25, 0.3) is 0 Å². The van der Waals surface area contributed by atoms with Gasteiger partial charge in [0.05, 0.1) is 5.21 Å². The Labute approximate surface area is 69.2 Å². The minimum absolute atomic E-state index is 0.521. The summed E-state index contributed by atoms with van der Waals surface area (Å²) in [5, 5.41) is 14.3. The number of aromatic nitrogens is 3. The van der Waals surface area contributed by atoms with E-state index in [0.29, 0.717) is 4.85 Å². The Hall–Kier alpha value is -1.84. The highest BCUT2D eigenvalue weighted by atomic mass is 16.5. The van der Waals surface area contributed by atoms with Crippen molar-refractivity contribution in [1.29, 1.82) is 0 Å². The first-order valence-corrected chi connectivity index (χ1v) is 3.57. The van der Waals surface area contributed by atoms with Crippen molar-refractivity contribution < 1.29 is 4.85 Å². The van der Waals surface area contributed by atoms with Gasteiger partial charge in [0.2, 0.25) is 0 Å². The molecule has 2 aromatic rings. The van der Waals surface area contributed by atoms with Gasteiger partial charge in [-0.3, -0.25) is 0 Å². The van der Waals surface area contributed by atoms with E-state index in [1.165, 1.54) is 10.9 Å². The molecule has 0 aliphatic rings. The van der Waals surface area contributed by atoms with Crippen LogP contribution in [0.1, 0.15) is 0 Å². The van der Waals surface area contributed by atoms with Gasteiger partial charge in [-0.15, -0.1) is 9.53 Å². The summed E-state index contributed by atoms with van der Waals surface area (Å²) in [5.74, 6) is 0. The lowest BCUT2D eigenvalue weighted by molar-refractivity contribution is -0.670. The summed E-state index contributed by atoms with van der Waals surface area (Å²) >= 11 is 0. The van der Waals surface area contributed by atoms with E-state index in [2.05, 4.69) is 5.21 Å². The predicted molar refractivity (Wildman–Crippen MR) is 42.5 cm³/mol. The van der Waals surface area contributed by atoms with E-state index in [9.17, 15) is 5.21 Å². The Balaban J connectivity index is 2.45. The second-order valence-corrected chi connectivity index (χ2v) is 2.37. The predicted octanol–water partition coefficient (Wildman–Crippen LogP) is 0.506. The molecular weight excluding hydrogens is 154 g/mol. The molecule has 0 aliphatic carbocycles. The molecule has 1 heterocycles. The van der Waals surface area contributed by atoms with Gasteiger partial charge >= 0.3 is 0 Å². The lowest BCUT2D eigenvalue weighted by atomic mass is 10.3. The van der Waals surface area contributed by atoms with Crippen LogP contribution in [0.4, 0.5) is 0 Å². The zero-order valence-electron chi connectivity index (χ0n) is 6.29. The molecule has 0 fully saturated rings. The van der Waals surface area contributed by atoms with Crippen molar-refractivity contribution in [2.24, 2.45) is 0 Å². The summed E-state index contributed by atoms with van der Waals surface area (Å²) in [5.41, 5.74) is 0.882. The zero-order chi connectivity index (χ0) is 8.39. The number of benzene rings is 1. The zero-order valence-corrected chi connectivity index (χ0v) is 6.29. The fourth-order valence-corrected chi connectivity index (χ4v) is 0.993. The molecule has 0 aliphatic heterocycles. The van der Waals surface area contributed by atoms with Crippen molar-refractivity contribution in [3.63, 3.8) is 0 Å². The molecule has 1 aromatic carbocycles. The Kier molecular flexibility index (Phi) is 1.51. The van der Waals surface area contributed by atoms with Crippen LogP contribution in [-0.2, 0) is 0 Å². The lowest BCUT2D eigenvalue weighted by Crippen LogP contribution is -2.27. The quantitative estimate of drug-likeness (QED) is 0.451. The summed E-state index contributed by atoms with van der Waals surface area (Å²) in [6.07, 6.45) is 2.97. The molecule has 0 bridgehead atoms. The first-order chi connectivity index (χ1) is 5.86. The summed E-state index contributed by atoms with van der Waals surface area (Å²) < 4.78 is 1.52. The molecule has 0 atom stereocenters. The topological polar surface area (TPSA) is 44.8 Å². The highest BCUT2D eigenvalue weighted by Gasteiger charge is 2.02. The van der Waals surface area contributed by atoms with Gasteiger partial charge in [-0.05, 0) is 12.1 Å². The lowest BCUT2D eigenvalue weighted by Gasteiger charge is -1.91. The molecule has 0 N–H and O–H groups in total. The van der Waals surface area contributed by atoms with Crippen molar-refractivity contribution in [1.82, 2.24) is 9.90 Å². The average molecular weight is 161 g/mol. The second-order valence-electron chi connectivity index (χ2n) is 2.37. The van der Waals surface area contributed by atoms with Crippen LogP contribution >= 0.6 is 0 Å². The Bertz CT molecular complexity index is 369. The third-order valence-corrected chi connectivity index (χ3v) is 1.54. The minimum Gasteiger partial charge on any atom is -0.691 e. The Morgan fingerprint density at radius 2 is 2.00 bits per heavy atom. The van der Waals surface area contributed by atoms with Gasteiger partial charge in [0.15, 0.2) is 18.1 Å². The molecule has 0 unspecified atom stereocenters. The first kappa shape index (κ1) is 6.84. The first-order valence-electron chi connectivity index (χ1n) is 3.57. The fourth-order valence-electron chi connectivity index (χ4n) is 0.993. The summed E-state index contributed by atoms with van der Waals surface area (Å²) in [7, 11) is 0. The summed E-state index contributed by atoms with van der Waals surface area (Å²) in [6, 6.07) is 9.47. The minimum atomic E-state index is 0.521. The maximum Gasteiger partial charge on any atom is 0.162 e. The molecule has 60 valence electrons. The van der Waals surface area contributed by atoms with E-state index in [1.807, 2.05) is 30.3 Å². The van der Waals surface area contributed by atoms with E-state index in [0.717, 1.165) is 5.69 Å². The molecule has 2 rings (SSSR count). The fraction of sp³-hybridized carbons (Fsp3) is 0. The van der Waals surface area contributed by atoms with E-state index in [1.54, 1.807) is 6.20 Å². The Morgan fingerprint density at radius 1 is 1.25 bits per heavy atom. The van der Waals surface area contributed by atoms with Gasteiger partial charge in [-0.1, -0.05) is 18.2 Å². The van der Waals surface area contributed by atoms with Crippen LogP contribution in [-0.4, -0.2) is 9.90 Å². The van der Waals surface area contributed by atoms with Gasteiger partial charge in [-0.2, -0.15) is 0 Å². The Morgan fingerprint density at radius 3 is 2.58 bits per heavy atom. The van der Waals surface area contributed by atoms with Crippen LogP contribution < -0.4 is 4.85 Å². The average Bonchev–Trinajstić information content (AvgIpc) is 2.54. The van der Waals surface area contributed by atoms with E-state index < -0.39 is 0 Å². The molecule has 0 spiro atoms. The van der Waals surface area contributed by atoms with E-state index >= 15 is 0 Å². The molecule has 0 saturated heterocycles. The third-order valence-electron chi connectivity index (χ3n) is 1.54. The molecule has 1 aromatic heterocycles. The standard InChI is InChI=1S/C8H7N3O/c12-11-7-6-10(9-11)8-4-2-1-3-5-8/h1-7H. The second kappa shape index (κ2) is 2.65. The van der Waals surface area contributed by atoms with Crippen molar-refractivity contribution in [3.8, 4) is 5.69 Å². The summed E-state index contributed by atoms with van der Waals surface area (Å²) in [4.78, 5) is 0.521. The molecule has 4 nitrogen and oxygen atoms in total. The highest BCUT2D eigenvalue weighted by Crippen LogP contribution is 2.01. The maximum atomic E-state index is 10.6. The van der Waals surface area contributed by atoms with Gasteiger partial charge < -0.3 is 5.21 Å². The smallest absolute Gasteiger partial charge is 0.162 e. The molecule has 0 amide bonds. The number of rotatable bonds is 1. The molecule has 0 radical (unpaired) electrons. The van der Waals surface area contributed by atoms with Crippen molar-refractivity contribution in [3.05, 3.63) is 47.9 Å². The van der Waals surface area contributed by atoms with Gasteiger partial charge in [0, 0.05) is 0 Å². The number of nitrogens with zero attached hydrogens (tertiary/aromatic N) is 3. The summed E-state index contributed by atoms with van der Waals surface area (Å²) in [6.45, 7) is 0.